The van der Waals surface area contributed by atoms with E-state index in [-0.39, 0.29) is 23.5 Å². The van der Waals surface area contributed by atoms with Gasteiger partial charge in [0.15, 0.2) is 5.78 Å². The number of methoxy groups -OCH3 is 1. The Kier molecular flexibility index (Phi) is 4.34. The maximum Gasteiger partial charge on any atom is 0.223 e. The zero-order valence-corrected chi connectivity index (χ0v) is 16.5. The van der Waals surface area contributed by atoms with Gasteiger partial charge in [-0.1, -0.05) is 24.3 Å². The summed E-state index contributed by atoms with van der Waals surface area (Å²) in [7, 11) is 1.65. The molecular formula is C24H25NO4. The van der Waals surface area contributed by atoms with Gasteiger partial charge in [-0.25, -0.2) is 0 Å². The Hall–Kier alpha value is -2.82. The van der Waals surface area contributed by atoms with Gasteiger partial charge >= 0.3 is 0 Å². The van der Waals surface area contributed by atoms with Crippen LogP contribution in [-0.4, -0.2) is 30.9 Å². The van der Waals surface area contributed by atoms with Crippen LogP contribution in [0.4, 0.5) is 0 Å². The van der Waals surface area contributed by atoms with Crippen molar-refractivity contribution in [1.82, 2.24) is 5.32 Å². The topological polar surface area (TPSA) is 64.6 Å². The maximum atomic E-state index is 12.8. The molecule has 2 aromatic rings. The molecule has 5 nitrogen and oxygen atoms in total. The zero-order chi connectivity index (χ0) is 20.0. The second-order valence-corrected chi connectivity index (χ2v) is 8.41. The van der Waals surface area contributed by atoms with Crippen LogP contribution in [0.25, 0.3) is 0 Å². The van der Waals surface area contributed by atoms with Crippen molar-refractivity contribution in [1.29, 1.82) is 0 Å². The predicted molar refractivity (Wildman–Crippen MR) is 108 cm³/mol. The smallest absolute Gasteiger partial charge is 0.223 e. The zero-order valence-electron chi connectivity index (χ0n) is 16.5. The summed E-state index contributed by atoms with van der Waals surface area (Å²) >= 11 is 0. The fourth-order valence-electron chi connectivity index (χ4n) is 5.36. The number of para-hydroxylation sites is 1. The molecule has 2 aromatic carbocycles. The minimum Gasteiger partial charge on any atom is -0.497 e. The maximum absolute atomic E-state index is 12.8. The highest BCUT2D eigenvalue weighted by molar-refractivity contribution is 6.00. The molecule has 1 N–H and O–H groups in total. The first-order valence-corrected chi connectivity index (χ1v) is 10.3. The minimum atomic E-state index is -0.492. The standard InChI is InChI=1S/C24H25NO4/c1-28-16-8-6-15(7-9-16)11-13-25-23(27)21-18-10-12-24(22(18)21)14-19(26)17-4-2-3-5-20(17)29-24/h2-9,18,21-22H,10-14H2,1H3,(H,25,27)/t18-,21+,22-,24+/m0/s1. The SMILES string of the molecule is COc1ccc(CCNC(=O)[C@@H]2[C@@H]3CC[C@@]4(CC(=O)c5ccccc5O4)[C@@H]32)cc1. The van der Waals surface area contributed by atoms with E-state index in [0.29, 0.717) is 30.2 Å². The first-order valence-electron chi connectivity index (χ1n) is 10.3. The number of carbonyl (C=O) groups excluding carboxylic acids is 2. The van der Waals surface area contributed by atoms with Gasteiger partial charge in [0.25, 0.3) is 0 Å². The summed E-state index contributed by atoms with van der Waals surface area (Å²) < 4.78 is 11.5. The molecule has 0 saturated heterocycles. The van der Waals surface area contributed by atoms with Crippen LogP contribution >= 0.6 is 0 Å². The van der Waals surface area contributed by atoms with Gasteiger partial charge in [0.05, 0.1) is 19.1 Å². The van der Waals surface area contributed by atoms with Gasteiger partial charge in [-0.2, -0.15) is 0 Å². The number of nitrogens with one attached hydrogen (secondary N) is 1. The molecule has 3 aliphatic rings. The molecule has 2 saturated carbocycles. The van der Waals surface area contributed by atoms with Gasteiger partial charge in [0.1, 0.15) is 17.1 Å². The molecule has 2 aliphatic carbocycles. The van der Waals surface area contributed by atoms with Crippen LogP contribution in [0.5, 0.6) is 11.5 Å². The van der Waals surface area contributed by atoms with Crippen LogP contribution in [0, 0.1) is 17.8 Å². The van der Waals surface area contributed by atoms with Crippen LogP contribution in [0.15, 0.2) is 48.5 Å². The van der Waals surface area contributed by atoms with Crippen LogP contribution in [0.3, 0.4) is 0 Å². The Labute approximate surface area is 170 Å². The minimum absolute atomic E-state index is 0.0299. The second kappa shape index (κ2) is 6.90. The summed E-state index contributed by atoms with van der Waals surface area (Å²) in [4.78, 5) is 25.5. The Balaban J connectivity index is 1.21. The van der Waals surface area contributed by atoms with Gasteiger partial charge in [0, 0.05) is 18.4 Å². The largest absolute Gasteiger partial charge is 0.497 e. The summed E-state index contributed by atoms with van der Waals surface area (Å²) in [6, 6.07) is 15.4. The van der Waals surface area contributed by atoms with E-state index >= 15 is 0 Å². The molecule has 2 fully saturated rings. The fraction of sp³-hybridized carbons (Fsp3) is 0.417. The summed E-state index contributed by atoms with van der Waals surface area (Å²) in [5.74, 6) is 2.21. The van der Waals surface area contributed by atoms with Gasteiger partial charge in [-0.05, 0) is 55.0 Å². The molecule has 150 valence electrons. The molecule has 1 aliphatic heterocycles. The third kappa shape index (κ3) is 3.09. The summed E-state index contributed by atoms with van der Waals surface area (Å²) in [6.07, 6.45) is 2.99. The average Bonchev–Trinajstić information content (AvgIpc) is 3.39. The lowest BCUT2D eigenvalue weighted by Gasteiger charge is -2.37. The van der Waals surface area contributed by atoms with Crippen molar-refractivity contribution in [3.8, 4) is 11.5 Å². The Bertz CT molecular complexity index is 954. The number of rotatable bonds is 5. The highest BCUT2D eigenvalue weighted by atomic mass is 16.5. The highest BCUT2D eigenvalue weighted by Gasteiger charge is 2.70. The van der Waals surface area contributed by atoms with E-state index in [1.807, 2.05) is 48.5 Å². The van der Waals surface area contributed by atoms with Crippen molar-refractivity contribution in [2.45, 2.75) is 31.3 Å². The van der Waals surface area contributed by atoms with Gasteiger partial charge in [-0.15, -0.1) is 0 Å². The number of hydrogen-bond donors (Lipinski definition) is 1. The first-order chi connectivity index (χ1) is 14.1. The van der Waals surface area contributed by atoms with E-state index in [9.17, 15) is 9.59 Å². The van der Waals surface area contributed by atoms with E-state index in [0.717, 1.165) is 30.6 Å². The molecule has 5 heteroatoms. The molecule has 0 radical (unpaired) electrons. The van der Waals surface area contributed by atoms with Gasteiger partial charge < -0.3 is 14.8 Å². The van der Waals surface area contributed by atoms with Crippen molar-refractivity contribution in [2.24, 2.45) is 17.8 Å². The van der Waals surface area contributed by atoms with E-state index in [1.165, 1.54) is 0 Å². The van der Waals surface area contributed by atoms with E-state index in [1.54, 1.807) is 7.11 Å². The molecule has 0 bridgehead atoms. The normalized spacial score (nSPS) is 29.0. The lowest BCUT2D eigenvalue weighted by molar-refractivity contribution is -0.124. The van der Waals surface area contributed by atoms with Crippen molar-refractivity contribution < 1.29 is 19.1 Å². The first kappa shape index (κ1) is 18.2. The van der Waals surface area contributed by atoms with E-state index < -0.39 is 5.60 Å². The molecule has 0 aromatic heterocycles. The van der Waals surface area contributed by atoms with Crippen molar-refractivity contribution in [3.05, 3.63) is 59.7 Å². The number of amides is 1. The summed E-state index contributed by atoms with van der Waals surface area (Å²) in [5, 5.41) is 3.09. The van der Waals surface area contributed by atoms with Crippen LogP contribution in [0.2, 0.25) is 0 Å². The Morgan fingerprint density at radius 1 is 1.21 bits per heavy atom. The van der Waals surface area contributed by atoms with Crippen LogP contribution < -0.4 is 14.8 Å². The summed E-state index contributed by atoms with van der Waals surface area (Å²) in [5.41, 5.74) is 1.34. The third-order valence-electron chi connectivity index (χ3n) is 6.81. The summed E-state index contributed by atoms with van der Waals surface area (Å²) in [6.45, 7) is 0.608. The molecular weight excluding hydrogens is 366 g/mol. The number of ether oxygens (including phenoxy) is 2. The van der Waals surface area contributed by atoms with Crippen LogP contribution in [0.1, 0.15) is 35.2 Å². The van der Waals surface area contributed by atoms with E-state index in [2.05, 4.69) is 5.32 Å². The number of carbonyl (C=O) groups is 2. The number of ketones is 1. The van der Waals surface area contributed by atoms with Crippen molar-refractivity contribution in [2.75, 3.05) is 13.7 Å². The van der Waals surface area contributed by atoms with Crippen LogP contribution in [-0.2, 0) is 11.2 Å². The highest BCUT2D eigenvalue weighted by Crippen LogP contribution is 2.65. The average molecular weight is 391 g/mol. The molecule has 5 rings (SSSR count). The molecule has 1 spiro atoms. The van der Waals surface area contributed by atoms with E-state index in [4.69, 9.17) is 9.47 Å². The number of fused-ring (bicyclic) bond motifs is 3. The lowest BCUT2D eigenvalue weighted by Crippen LogP contribution is -2.44. The van der Waals surface area contributed by atoms with Gasteiger partial charge in [0.2, 0.25) is 5.91 Å². The number of Topliss-reactive ketones (excluding diaryl/α,β-unsaturated/α-hetero) is 1. The van der Waals surface area contributed by atoms with Crippen molar-refractivity contribution >= 4 is 11.7 Å². The number of benzene rings is 2. The predicted octanol–water partition coefficient (Wildman–Crippen LogP) is 3.41. The Morgan fingerprint density at radius 2 is 2.00 bits per heavy atom. The Morgan fingerprint density at radius 3 is 2.79 bits per heavy atom. The second-order valence-electron chi connectivity index (χ2n) is 8.41. The fourth-order valence-corrected chi connectivity index (χ4v) is 5.36. The molecule has 4 atom stereocenters. The van der Waals surface area contributed by atoms with Crippen molar-refractivity contribution in [3.63, 3.8) is 0 Å². The third-order valence-corrected chi connectivity index (χ3v) is 6.81. The van der Waals surface area contributed by atoms with Gasteiger partial charge in [-0.3, -0.25) is 9.59 Å². The lowest BCUT2D eigenvalue weighted by atomic mass is 9.84. The monoisotopic (exact) mass is 391 g/mol. The number of hydrogen-bond acceptors (Lipinski definition) is 4. The molecule has 0 unspecified atom stereocenters. The quantitative estimate of drug-likeness (QED) is 0.848. The molecule has 1 heterocycles. The molecule has 29 heavy (non-hydrogen) atoms. The molecule has 1 amide bonds.